The van der Waals surface area contributed by atoms with Crippen molar-refractivity contribution in [2.45, 2.75) is 65.2 Å². The van der Waals surface area contributed by atoms with Crippen LogP contribution >= 0.6 is 0 Å². The molecule has 0 unspecified atom stereocenters. The van der Waals surface area contributed by atoms with E-state index in [1.807, 2.05) is 0 Å². The van der Waals surface area contributed by atoms with E-state index in [0.717, 1.165) is 12.8 Å². The first kappa shape index (κ1) is 19.6. The SMILES string of the molecule is [CH2-]CCC.[CH2-]CCCCCCC.[Y]. The van der Waals surface area contributed by atoms with Gasteiger partial charge in [0.15, 0.2) is 0 Å². The van der Waals surface area contributed by atoms with E-state index >= 15 is 0 Å². The van der Waals surface area contributed by atoms with E-state index < -0.39 is 0 Å². The summed E-state index contributed by atoms with van der Waals surface area (Å²) in [5, 5.41) is 0. The molecule has 0 rings (SSSR count). The van der Waals surface area contributed by atoms with Crippen LogP contribution in [-0.4, -0.2) is 0 Å². The third kappa shape index (κ3) is 32.0. The van der Waals surface area contributed by atoms with Crippen molar-refractivity contribution in [1.29, 1.82) is 0 Å². The van der Waals surface area contributed by atoms with E-state index in [-0.39, 0.29) is 32.7 Å². The van der Waals surface area contributed by atoms with Crippen LogP contribution in [0.5, 0.6) is 0 Å². The van der Waals surface area contributed by atoms with Crippen LogP contribution in [0.2, 0.25) is 0 Å². The third-order valence-electron chi connectivity index (χ3n) is 1.71. The van der Waals surface area contributed by atoms with Gasteiger partial charge in [0, 0.05) is 32.7 Å². The molecule has 0 fully saturated rings. The number of unbranched alkanes of at least 4 members (excludes halogenated alkanes) is 6. The summed E-state index contributed by atoms with van der Waals surface area (Å²) in [5.41, 5.74) is 0. The van der Waals surface area contributed by atoms with E-state index in [2.05, 4.69) is 27.7 Å². The van der Waals surface area contributed by atoms with E-state index in [4.69, 9.17) is 0 Å². The molecule has 0 aliphatic rings. The predicted molar refractivity (Wildman–Crippen MR) is 59.0 cm³/mol. The molecule has 79 valence electrons. The zero-order valence-electron chi connectivity index (χ0n) is 9.65. The molecule has 1 radical (unpaired) electrons. The molecule has 0 aromatic heterocycles. The average molecular weight is 259 g/mol. The first-order chi connectivity index (χ1) is 5.83. The Morgan fingerprint density at radius 3 is 1.46 bits per heavy atom. The van der Waals surface area contributed by atoms with Crippen molar-refractivity contribution < 1.29 is 32.7 Å². The van der Waals surface area contributed by atoms with Crippen molar-refractivity contribution >= 4 is 0 Å². The quantitative estimate of drug-likeness (QED) is 0.475. The van der Waals surface area contributed by atoms with Gasteiger partial charge in [-0.05, 0) is 0 Å². The summed E-state index contributed by atoms with van der Waals surface area (Å²) >= 11 is 0. The molecule has 0 aromatic carbocycles. The molecule has 0 nitrogen and oxygen atoms in total. The van der Waals surface area contributed by atoms with Gasteiger partial charge in [-0.3, -0.25) is 0 Å². The average Bonchev–Trinajstić information content (AvgIpc) is 2.13. The van der Waals surface area contributed by atoms with Gasteiger partial charge in [-0.15, -0.1) is 0 Å². The van der Waals surface area contributed by atoms with Gasteiger partial charge in [-0.1, -0.05) is 52.4 Å². The van der Waals surface area contributed by atoms with Crippen molar-refractivity contribution in [3.05, 3.63) is 13.8 Å². The fourth-order valence-corrected chi connectivity index (χ4v) is 0.780. The van der Waals surface area contributed by atoms with Gasteiger partial charge >= 0.3 is 0 Å². The van der Waals surface area contributed by atoms with Gasteiger partial charge < -0.3 is 13.8 Å². The standard InChI is InChI=1S/C8H17.C4H9.Y/c1-3-5-7-8-6-4-2;1-3-4-2;/h1,3-8H2,2H3;1,3-4H2,2H3;/q2*-1;. The zero-order valence-corrected chi connectivity index (χ0v) is 12.5. The topological polar surface area (TPSA) is 0 Å². The van der Waals surface area contributed by atoms with Gasteiger partial charge in [0.25, 0.3) is 0 Å². The smallest absolute Gasteiger partial charge is 0 e. The van der Waals surface area contributed by atoms with Crippen LogP contribution in [0.4, 0.5) is 0 Å². The summed E-state index contributed by atoms with van der Waals surface area (Å²) in [7, 11) is 0. The molecular formula is C12H26Y-2. The molecule has 0 aliphatic carbocycles. The zero-order chi connectivity index (χ0) is 9.66. The molecule has 0 spiro atoms. The molecule has 0 N–H and O–H groups in total. The van der Waals surface area contributed by atoms with Crippen LogP contribution in [0.1, 0.15) is 65.2 Å². The largest absolute Gasteiger partial charge is 0.343 e. The number of hydrogen-bond acceptors (Lipinski definition) is 0. The van der Waals surface area contributed by atoms with Crippen LogP contribution in [0.3, 0.4) is 0 Å². The molecule has 13 heavy (non-hydrogen) atoms. The molecule has 0 aromatic rings. The minimum atomic E-state index is 0. The fourth-order valence-electron chi connectivity index (χ4n) is 0.780. The minimum Gasteiger partial charge on any atom is -0.343 e. The van der Waals surface area contributed by atoms with Crippen LogP contribution in [0, 0.1) is 13.8 Å². The van der Waals surface area contributed by atoms with Crippen LogP contribution < -0.4 is 0 Å². The molecule has 1 heteroatoms. The monoisotopic (exact) mass is 259 g/mol. The van der Waals surface area contributed by atoms with Gasteiger partial charge in [-0.25, -0.2) is 0 Å². The van der Waals surface area contributed by atoms with E-state index in [1.54, 1.807) is 0 Å². The number of rotatable bonds is 6. The summed E-state index contributed by atoms with van der Waals surface area (Å²) in [5.74, 6) is 0. The Morgan fingerprint density at radius 1 is 0.692 bits per heavy atom. The molecule has 0 atom stereocenters. The molecule has 0 amide bonds. The molecule has 0 aliphatic heterocycles. The summed E-state index contributed by atoms with van der Waals surface area (Å²) in [4.78, 5) is 0. The Morgan fingerprint density at radius 2 is 1.15 bits per heavy atom. The molecule has 0 bridgehead atoms. The number of hydrogen-bond donors (Lipinski definition) is 0. The Labute approximate surface area is 111 Å². The van der Waals surface area contributed by atoms with Crippen LogP contribution in [0.25, 0.3) is 0 Å². The summed E-state index contributed by atoms with van der Waals surface area (Å²) in [6, 6.07) is 0. The Hall–Kier alpha value is 1.10. The van der Waals surface area contributed by atoms with Gasteiger partial charge in [0.2, 0.25) is 0 Å². The Balaban J connectivity index is -0.000000173. The first-order valence-corrected chi connectivity index (χ1v) is 5.41. The minimum absolute atomic E-state index is 0. The maximum atomic E-state index is 3.78. The maximum absolute atomic E-state index is 3.78. The van der Waals surface area contributed by atoms with Crippen molar-refractivity contribution in [1.82, 2.24) is 0 Å². The van der Waals surface area contributed by atoms with Crippen molar-refractivity contribution in [3.8, 4) is 0 Å². The Bertz CT molecular complexity index is 45.1. The second kappa shape index (κ2) is 23.2. The predicted octanol–water partition coefficient (Wildman–Crippen LogP) is 4.80. The molecule has 0 saturated heterocycles. The van der Waals surface area contributed by atoms with Gasteiger partial charge in [-0.2, -0.15) is 12.8 Å². The van der Waals surface area contributed by atoms with E-state index in [9.17, 15) is 0 Å². The third-order valence-corrected chi connectivity index (χ3v) is 1.71. The van der Waals surface area contributed by atoms with E-state index in [0.29, 0.717) is 0 Å². The summed E-state index contributed by atoms with van der Waals surface area (Å²) in [6.07, 6.45) is 10.3. The van der Waals surface area contributed by atoms with Crippen molar-refractivity contribution in [2.24, 2.45) is 0 Å². The van der Waals surface area contributed by atoms with E-state index in [1.165, 1.54) is 38.5 Å². The normalized spacial score (nSPS) is 8.31. The second-order valence-corrected chi connectivity index (χ2v) is 3.12. The van der Waals surface area contributed by atoms with Crippen molar-refractivity contribution in [2.75, 3.05) is 0 Å². The summed E-state index contributed by atoms with van der Waals surface area (Å²) < 4.78 is 0. The van der Waals surface area contributed by atoms with Crippen LogP contribution in [0.15, 0.2) is 0 Å². The van der Waals surface area contributed by atoms with Gasteiger partial charge in [0.1, 0.15) is 0 Å². The fraction of sp³-hybridized carbons (Fsp3) is 0.833. The first-order valence-electron chi connectivity index (χ1n) is 5.41. The van der Waals surface area contributed by atoms with Crippen molar-refractivity contribution in [3.63, 3.8) is 0 Å². The maximum Gasteiger partial charge on any atom is 0 e. The van der Waals surface area contributed by atoms with Gasteiger partial charge in [0.05, 0.1) is 0 Å². The molecule has 0 heterocycles. The van der Waals surface area contributed by atoms with Crippen LogP contribution in [-0.2, 0) is 32.7 Å². The Kier molecular flexibility index (Phi) is 35.0. The summed E-state index contributed by atoms with van der Waals surface area (Å²) in [6.45, 7) is 11.7. The molecule has 0 saturated carbocycles. The second-order valence-electron chi connectivity index (χ2n) is 3.12. The molecular weight excluding hydrogens is 233 g/mol.